The van der Waals surface area contributed by atoms with E-state index in [2.05, 4.69) is 22.4 Å². The van der Waals surface area contributed by atoms with Crippen LogP contribution in [0.25, 0.3) is 6.08 Å². The standard InChI is InChI=1S/C13H14N2O3.C8H17NO2/c16-9-11(13(17)18)15-7-6-14-12(15)8-10-4-2-1-3-5-10;1-3-4-5-6-7-8(2)11-9-10/h1-5,8-9,11,14H,6-7H2,(H,17,18);8H,3-7H2,1-2H3. The zero-order valence-corrected chi connectivity index (χ0v) is 17.1. The lowest BCUT2D eigenvalue weighted by Gasteiger charge is -2.22. The van der Waals surface area contributed by atoms with Crippen molar-refractivity contribution in [3.05, 3.63) is 46.6 Å². The number of hydrogen-bond acceptors (Lipinski definition) is 7. The zero-order valence-electron chi connectivity index (χ0n) is 17.1. The first-order valence-corrected chi connectivity index (χ1v) is 9.97. The van der Waals surface area contributed by atoms with Crippen LogP contribution in [0.5, 0.6) is 0 Å². The quantitative estimate of drug-likeness (QED) is 0.190. The molecular formula is C21H31N3O5. The van der Waals surface area contributed by atoms with E-state index in [9.17, 15) is 14.5 Å². The number of unbranched alkanes of at least 4 members (excludes halogenated alkanes) is 3. The van der Waals surface area contributed by atoms with Gasteiger partial charge in [-0.3, -0.25) is 0 Å². The Labute approximate surface area is 171 Å². The number of rotatable bonds is 11. The van der Waals surface area contributed by atoms with E-state index in [0.717, 1.165) is 18.4 Å². The van der Waals surface area contributed by atoms with E-state index in [0.29, 0.717) is 25.2 Å². The number of benzene rings is 1. The van der Waals surface area contributed by atoms with E-state index < -0.39 is 12.0 Å². The minimum atomic E-state index is -1.13. The van der Waals surface area contributed by atoms with Crippen LogP contribution >= 0.6 is 0 Å². The number of nitrogens with one attached hydrogen (secondary N) is 1. The van der Waals surface area contributed by atoms with Crippen LogP contribution in [0.3, 0.4) is 0 Å². The maximum absolute atomic E-state index is 11.0. The maximum atomic E-state index is 11.0. The third-order valence-corrected chi connectivity index (χ3v) is 4.48. The van der Waals surface area contributed by atoms with Gasteiger partial charge in [-0.25, -0.2) is 4.79 Å². The first-order valence-electron chi connectivity index (χ1n) is 9.97. The summed E-state index contributed by atoms with van der Waals surface area (Å²) in [5.74, 6) is -0.464. The number of hydrogen-bond donors (Lipinski definition) is 2. The summed E-state index contributed by atoms with van der Waals surface area (Å²) in [5.41, 5.74) is 0.960. The fourth-order valence-corrected chi connectivity index (χ4v) is 2.91. The molecule has 0 radical (unpaired) electrons. The van der Waals surface area contributed by atoms with Gasteiger partial charge in [0.1, 0.15) is 11.9 Å². The van der Waals surface area contributed by atoms with Crippen molar-refractivity contribution in [1.82, 2.24) is 10.2 Å². The largest absolute Gasteiger partial charge is 0.479 e. The summed E-state index contributed by atoms with van der Waals surface area (Å²) in [7, 11) is 0. The predicted molar refractivity (Wildman–Crippen MR) is 112 cm³/mol. The lowest BCUT2D eigenvalue weighted by atomic mass is 10.1. The summed E-state index contributed by atoms with van der Waals surface area (Å²) >= 11 is 0. The van der Waals surface area contributed by atoms with Gasteiger partial charge in [-0.05, 0) is 31.4 Å². The molecule has 0 saturated carbocycles. The summed E-state index contributed by atoms with van der Waals surface area (Å²) in [5, 5.41) is 14.5. The summed E-state index contributed by atoms with van der Waals surface area (Å²) in [6.07, 6.45) is 8.08. The van der Waals surface area contributed by atoms with E-state index >= 15 is 0 Å². The molecule has 29 heavy (non-hydrogen) atoms. The molecule has 1 saturated heterocycles. The van der Waals surface area contributed by atoms with Crippen LogP contribution in [0.1, 0.15) is 51.5 Å². The van der Waals surface area contributed by atoms with Crippen LogP contribution in [0, 0.1) is 4.91 Å². The number of carbonyl (C=O) groups excluding carboxylic acids is 1. The Morgan fingerprint density at radius 3 is 2.62 bits per heavy atom. The summed E-state index contributed by atoms with van der Waals surface area (Å²) in [6, 6.07) is 8.42. The fourth-order valence-electron chi connectivity index (χ4n) is 2.91. The minimum absolute atomic E-state index is 0.00986. The van der Waals surface area contributed by atoms with Gasteiger partial charge in [0.2, 0.25) is 0 Å². The lowest BCUT2D eigenvalue weighted by molar-refractivity contribution is -0.144. The number of carboxylic acids is 1. The van der Waals surface area contributed by atoms with Crippen molar-refractivity contribution < 1.29 is 19.5 Å². The highest BCUT2D eigenvalue weighted by Crippen LogP contribution is 2.15. The van der Waals surface area contributed by atoms with Gasteiger partial charge in [0.15, 0.2) is 17.7 Å². The van der Waals surface area contributed by atoms with Crippen molar-refractivity contribution >= 4 is 18.3 Å². The lowest BCUT2D eigenvalue weighted by Crippen LogP contribution is -2.40. The van der Waals surface area contributed by atoms with Gasteiger partial charge in [0, 0.05) is 13.1 Å². The van der Waals surface area contributed by atoms with Gasteiger partial charge in [-0.2, -0.15) is 0 Å². The smallest absolute Gasteiger partial charge is 0.333 e. The Balaban J connectivity index is 0.000000331. The van der Waals surface area contributed by atoms with Gasteiger partial charge >= 0.3 is 5.97 Å². The number of carboxylic acid groups (broad SMARTS) is 1. The second-order valence-corrected chi connectivity index (χ2v) is 6.82. The van der Waals surface area contributed by atoms with Crippen molar-refractivity contribution in [3.63, 3.8) is 0 Å². The molecule has 1 fully saturated rings. The molecule has 2 N–H and O–H groups in total. The highest BCUT2D eigenvalue weighted by molar-refractivity contribution is 5.91. The van der Waals surface area contributed by atoms with Crippen molar-refractivity contribution in [2.45, 2.75) is 58.1 Å². The van der Waals surface area contributed by atoms with Gasteiger partial charge in [0.25, 0.3) is 0 Å². The topological polar surface area (TPSA) is 108 Å². The molecule has 0 aliphatic carbocycles. The molecule has 8 heteroatoms. The number of aliphatic carboxylic acids is 1. The number of nitrogens with zero attached hydrogens (tertiary/aromatic N) is 2. The van der Waals surface area contributed by atoms with E-state index in [1.165, 1.54) is 19.3 Å². The molecule has 8 nitrogen and oxygen atoms in total. The molecule has 0 spiro atoms. The van der Waals surface area contributed by atoms with Crippen LogP contribution in [0.15, 0.2) is 41.5 Å². The van der Waals surface area contributed by atoms with E-state index in [1.54, 1.807) is 4.90 Å². The maximum Gasteiger partial charge on any atom is 0.333 e. The van der Waals surface area contributed by atoms with Gasteiger partial charge in [-0.15, -0.1) is 4.91 Å². The van der Waals surface area contributed by atoms with Crippen molar-refractivity contribution in [2.24, 2.45) is 5.34 Å². The van der Waals surface area contributed by atoms with Crippen LogP contribution in [-0.4, -0.2) is 47.5 Å². The van der Waals surface area contributed by atoms with Crippen LogP contribution < -0.4 is 5.32 Å². The Hall–Kier alpha value is -2.90. The third-order valence-electron chi connectivity index (χ3n) is 4.48. The highest BCUT2D eigenvalue weighted by Gasteiger charge is 2.29. The normalized spacial score (nSPS) is 16.2. The Kier molecular flexibility index (Phi) is 11.8. The number of aldehydes is 1. The average Bonchev–Trinajstić information content (AvgIpc) is 3.15. The first-order chi connectivity index (χ1) is 14.0. The zero-order chi connectivity index (χ0) is 21.5. The van der Waals surface area contributed by atoms with Crippen molar-refractivity contribution in [3.8, 4) is 0 Å². The summed E-state index contributed by atoms with van der Waals surface area (Å²) in [6.45, 7) is 5.19. The fraction of sp³-hybridized carbons (Fsp3) is 0.524. The monoisotopic (exact) mass is 405 g/mol. The molecule has 2 atom stereocenters. The minimum Gasteiger partial charge on any atom is -0.479 e. The average molecular weight is 405 g/mol. The summed E-state index contributed by atoms with van der Waals surface area (Å²) in [4.78, 5) is 37.5. The van der Waals surface area contributed by atoms with E-state index in [-0.39, 0.29) is 6.10 Å². The number of carbonyl (C=O) groups is 2. The van der Waals surface area contributed by atoms with E-state index in [1.807, 2.05) is 43.3 Å². The summed E-state index contributed by atoms with van der Waals surface area (Å²) < 4.78 is 0. The molecule has 1 aliphatic heterocycles. The molecule has 160 valence electrons. The first kappa shape index (κ1) is 24.1. The Morgan fingerprint density at radius 2 is 2.03 bits per heavy atom. The van der Waals surface area contributed by atoms with Gasteiger partial charge in [-0.1, -0.05) is 56.5 Å². The molecule has 2 unspecified atom stereocenters. The molecule has 2 rings (SSSR count). The van der Waals surface area contributed by atoms with Gasteiger partial charge < -0.3 is 25.0 Å². The van der Waals surface area contributed by atoms with Crippen LogP contribution in [0.4, 0.5) is 0 Å². The SMILES string of the molecule is CCCCCCC(C)ON=O.O=CC(C(=O)O)N1CCNC1=Cc1ccccc1. The van der Waals surface area contributed by atoms with Crippen molar-refractivity contribution in [1.29, 1.82) is 0 Å². The molecule has 1 aliphatic rings. The Bertz CT molecular complexity index is 651. The van der Waals surface area contributed by atoms with Crippen molar-refractivity contribution in [2.75, 3.05) is 13.1 Å². The second kappa shape index (κ2) is 14.1. The molecule has 0 aromatic heterocycles. The predicted octanol–water partition coefficient (Wildman–Crippen LogP) is 3.59. The molecule has 0 amide bonds. The van der Waals surface area contributed by atoms with Crippen LogP contribution in [0.2, 0.25) is 0 Å². The van der Waals surface area contributed by atoms with E-state index in [4.69, 9.17) is 5.11 Å². The van der Waals surface area contributed by atoms with Crippen LogP contribution in [-0.2, 0) is 14.4 Å². The molecule has 1 heterocycles. The molecule has 1 aromatic rings. The molecule has 1 aromatic carbocycles. The Morgan fingerprint density at radius 1 is 1.31 bits per heavy atom. The third kappa shape index (κ3) is 9.23. The molecule has 0 bridgehead atoms. The molecular weight excluding hydrogens is 374 g/mol. The second-order valence-electron chi connectivity index (χ2n) is 6.82. The highest BCUT2D eigenvalue weighted by atomic mass is 16.7. The van der Waals surface area contributed by atoms with Gasteiger partial charge in [0.05, 0.1) is 0 Å².